The summed E-state index contributed by atoms with van der Waals surface area (Å²) in [4.78, 5) is 25.0. The predicted octanol–water partition coefficient (Wildman–Crippen LogP) is -0.982. The fourth-order valence-electron chi connectivity index (χ4n) is 1.25. The molecular weight excluding hydrogens is 262 g/mol. The Morgan fingerprint density at radius 1 is 1.30 bits per heavy atom. The van der Waals surface area contributed by atoms with Crippen LogP contribution in [0.25, 0.3) is 0 Å². The number of hydrogen-bond donors (Lipinski definition) is 4. The van der Waals surface area contributed by atoms with Gasteiger partial charge in [0.1, 0.15) is 6.10 Å². The van der Waals surface area contributed by atoms with E-state index in [0.717, 1.165) is 13.0 Å². The predicted molar refractivity (Wildman–Crippen MR) is 76.6 cm³/mol. The number of primary amides is 1. The Balaban J connectivity index is 2.82. The Morgan fingerprint density at radius 2 is 1.90 bits per heavy atom. The highest BCUT2D eigenvalue weighted by Crippen LogP contribution is 2.11. The second-order valence-corrected chi connectivity index (χ2v) is 4.40. The molecule has 0 radical (unpaired) electrons. The number of carbonyl (C=O) groups excluding carboxylic acids is 1. The summed E-state index contributed by atoms with van der Waals surface area (Å²) in [5.41, 5.74) is 4.97. The number of aromatic nitrogens is 3. The standard InChI is InChI=1S/C11H21N7O2/c1-4-5-13-9-15-10(14-6-7(19)8(12)20)17-11(16-9)18(2)3/h7,19H,4-6H2,1-3H3,(H2,12,20)(H2,13,14,15,16,17). The lowest BCUT2D eigenvalue weighted by atomic mass is 10.3. The number of hydrogen-bond acceptors (Lipinski definition) is 8. The zero-order chi connectivity index (χ0) is 15.1. The quantitative estimate of drug-likeness (QED) is 0.479. The van der Waals surface area contributed by atoms with E-state index in [2.05, 4.69) is 25.6 Å². The van der Waals surface area contributed by atoms with E-state index in [0.29, 0.717) is 11.9 Å². The highest BCUT2D eigenvalue weighted by atomic mass is 16.3. The molecule has 1 atom stereocenters. The normalized spacial score (nSPS) is 11.8. The maximum absolute atomic E-state index is 10.8. The van der Waals surface area contributed by atoms with Crippen molar-refractivity contribution in [2.24, 2.45) is 5.73 Å². The van der Waals surface area contributed by atoms with Crippen molar-refractivity contribution in [3.63, 3.8) is 0 Å². The van der Waals surface area contributed by atoms with E-state index in [-0.39, 0.29) is 12.5 Å². The molecule has 5 N–H and O–H groups in total. The van der Waals surface area contributed by atoms with Crippen molar-refractivity contribution in [1.29, 1.82) is 0 Å². The molecule has 0 saturated carbocycles. The fraction of sp³-hybridized carbons (Fsp3) is 0.636. The lowest BCUT2D eigenvalue weighted by molar-refractivity contribution is -0.125. The van der Waals surface area contributed by atoms with Gasteiger partial charge in [0.15, 0.2) is 0 Å². The highest BCUT2D eigenvalue weighted by molar-refractivity contribution is 5.79. The smallest absolute Gasteiger partial charge is 0.248 e. The van der Waals surface area contributed by atoms with Gasteiger partial charge in [-0.15, -0.1) is 0 Å². The Kier molecular flexibility index (Phi) is 5.91. The number of nitrogens with zero attached hydrogens (tertiary/aromatic N) is 4. The van der Waals surface area contributed by atoms with Crippen LogP contribution in [0.1, 0.15) is 13.3 Å². The molecule has 1 amide bonds. The van der Waals surface area contributed by atoms with Crippen LogP contribution in [0.5, 0.6) is 0 Å². The van der Waals surface area contributed by atoms with Gasteiger partial charge in [0.05, 0.1) is 6.54 Å². The van der Waals surface area contributed by atoms with Gasteiger partial charge in [0.25, 0.3) is 0 Å². The first-order valence-corrected chi connectivity index (χ1v) is 6.32. The van der Waals surface area contributed by atoms with E-state index in [1.54, 1.807) is 19.0 Å². The number of anilines is 3. The van der Waals surface area contributed by atoms with Crippen molar-refractivity contribution in [3.05, 3.63) is 0 Å². The maximum Gasteiger partial charge on any atom is 0.248 e. The third kappa shape index (κ3) is 4.84. The van der Waals surface area contributed by atoms with Crippen molar-refractivity contribution in [2.45, 2.75) is 19.4 Å². The average Bonchev–Trinajstić information content (AvgIpc) is 2.42. The largest absolute Gasteiger partial charge is 0.381 e. The minimum absolute atomic E-state index is 0.0561. The molecule has 9 nitrogen and oxygen atoms in total. The van der Waals surface area contributed by atoms with Crippen molar-refractivity contribution in [3.8, 4) is 0 Å². The highest BCUT2D eigenvalue weighted by Gasteiger charge is 2.13. The van der Waals surface area contributed by atoms with Gasteiger partial charge in [-0.3, -0.25) is 4.79 Å². The Hall–Kier alpha value is -2.16. The third-order valence-corrected chi connectivity index (χ3v) is 2.34. The third-order valence-electron chi connectivity index (χ3n) is 2.34. The van der Waals surface area contributed by atoms with Gasteiger partial charge in [0.2, 0.25) is 23.8 Å². The van der Waals surface area contributed by atoms with Gasteiger partial charge in [-0.2, -0.15) is 15.0 Å². The minimum Gasteiger partial charge on any atom is -0.381 e. The van der Waals surface area contributed by atoms with Crippen LogP contribution in [0.4, 0.5) is 17.8 Å². The molecule has 112 valence electrons. The van der Waals surface area contributed by atoms with E-state index in [1.807, 2.05) is 6.92 Å². The molecule has 1 heterocycles. The Morgan fingerprint density at radius 3 is 2.40 bits per heavy atom. The molecule has 1 rings (SSSR count). The summed E-state index contributed by atoms with van der Waals surface area (Å²) in [7, 11) is 3.61. The topological polar surface area (TPSA) is 129 Å². The second kappa shape index (κ2) is 7.43. The first kappa shape index (κ1) is 15.9. The summed E-state index contributed by atoms with van der Waals surface area (Å²) in [6.45, 7) is 2.71. The van der Waals surface area contributed by atoms with Crippen LogP contribution >= 0.6 is 0 Å². The fourth-order valence-corrected chi connectivity index (χ4v) is 1.25. The van der Waals surface area contributed by atoms with Crippen LogP contribution < -0.4 is 21.3 Å². The summed E-state index contributed by atoms with van der Waals surface area (Å²) in [5, 5.41) is 15.2. The SMILES string of the molecule is CCCNc1nc(NCC(O)C(N)=O)nc(N(C)C)n1. The van der Waals surface area contributed by atoms with Crippen LogP contribution in [0.2, 0.25) is 0 Å². The zero-order valence-electron chi connectivity index (χ0n) is 11.9. The molecule has 0 fully saturated rings. The summed E-state index contributed by atoms with van der Waals surface area (Å²) in [6.07, 6.45) is -0.354. The summed E-state index contributed by atoms with van der Waals surface area (Å²) in [6, 6.07) is 0. The monoisotopic (exact) mass is 283 g/mol. The van der Waals surface area contributed by atoms with Crippen LogP contribution in [0, 0.1) is 0 Å². The van der Waals surface area contributed by atoms with Crippen LogP contribution in [0.15, 0.2) is 0 Å². The van der Waals surface area contributed by atoms with Gasteiger partial charge in [-0.1, -0.05) is 6.92 Å². The average molecular weight is 283 g/mol. The van der Waals surface area contributed by atoms with E-state index in [9.17, 15) is 9.90 Å². The first-order chi connectivity index (χ1) is 9.43. The second-order valence-electron chi connectivity index (χ2n) is 4.40. The van der Waals surface area contributed by atoms with E-state index < -0.39 is 12.0 Å². The number of rotatable bonds is 8. The van der Waals surface area contributed by atoms with Gasteiger partial charge >= 0.3 is 0 Å². The van der Waals surface area contributed by atoms with Gasteiger partial charge in [-0.05, 0) is 6.42 Å². The van der Waals surface area contributed by atoms with Crippen molar-refractivity contribution in [1.82, 2.24) is 15.0 Å². The molecule has 0 saturated heterocycles. The molecule has 1 aromatic rings. The first-order valence-electron chi connectivity index (χ1n) is 6.32. The minimum atomic E-state index is -1.29. The molecule has 1 unspecified atom stereocenters. The molecule has 0 aliphatic rings. The lowest BCUT2D eigenvalue weighted by Crippen LogP contribution is -2.34. The van der Waals surface area contributed by atoms with E-state index in [4.69, 9.17) is 5.73 Å². The van der Waals surface area contributed by atoms with Crippen LogP contribution in [-0.4, -0.2) is 59.3 Å². The molecule has 20 heavy (non-hydrogen) atoms. The molecule has 9 heteroatoms. The van der Waals surface area contributed by atoms with Gasteiger partial charge < -0.3 is 26.4 Å². The van der Waals surface area contributed by atoms with Crippen molar-refractivity contribution in [2.75, 3.05) is 42.7 Å². The maximum atomic E-state index is 10.8. The number of carbonyl (C=O) groups is 1. The number of nitrogens with two attached hydrogens (primary N) is 1. The summed E-state index contributed by atoms with van der Waals surface area (Å²) >= 11 is 0. The lowest BCUT2D eigenvalue weighted by Gasteiger charge is -2.14. The van der Waals surface area contributed by atoms with E-state index >= 15 is 0 Å². The summed E-state index contributed by atoms with van der Waals surface area (Å²) < 4.78 is 0. The Labute approximate surface area is 117 Å². The number of aliphatic hydroxyl groups is 1. The van der Waals surface area contributed by atoms with Crippen LogP contribution in [-0.2, 0) is 4.79 Å². The number of nitrogens with one attached hydrogen (secondary N) is 2. The molecule has 0 aliphatic carbocycles. The van der Waals surface area contributed by atoms with Crippen molar-refractivity contribution < 1.29 is 9.90 Å². The molecule has 0 spiro atoms. The molecule has 1 aromatic heterocycles. The molecule has 0 aromatic carbocycles. The Bertz CT molecular complexity index is 452. The van der Waals surface area contributed by atoms with Gasteiger partial charge in [-0.25, -0.2) is 0 Å². The molecule has 0 aliphatic heterocycles. The molecule has 0 bridgehead atoms. The number of aliphatic hydroxyl groups excluding tert-OH is 1. The van der Waals surface area contributed by atoms with Gasteiger partial charge in [0, 0.05) is 20.6 Å². The zero-order valence-corrected chi connectivity index (χ0v) is 11.9. The van der Waals surface area contributed by atoms with Crippen LogP contribution in [0.3, 0.4) is 0 Å². The van der Waals surface area contributed by atoms with Crippen molar-refractivity contribution >= 4 is 23.8 Å². The summed E-state index contributed by atoms with van der Waals surface area (Å²) in [5.74, 6) is 0.364. The molecular formula is C11H21N7O2. The number of amides is 1. The van der Waals surface area contributed by atoms with E-state index in [1.165, 1.54) is 0 Å².